The van der Waals surface area contributed by atoms with Gasteiger partial charge in [0.25, 0.3) is 0 Å². The highest BCUT2D eigenvalue weighted by Gasteiger charge is 2.22. The maximum absolute atomic E-state index is 12.0. The molecule has 0 aromatic heterocycles. The van der Waals surface area contributed by atoms with Gasteiger partial charge in [-0.3, -0.25) is 9.59 Å². The SMILES string of the molecule is CC(N)CCCC(C)C(=O)NC(C)C(=O)NC(C)(C)C. The fourth-order valence-corrected chi connectivity index (χ4v) is 1.78. The summed E-state index contributed by atoms with van der Waals surface area (Å²) in [5.74, 6) is -0.335. The van der Waals surface area contributed by atoms with Gasteiger partial charge in [0.2, 0.25) is 11.8 Å². The summed E-state index contributed by atoms with van der Waals surface area (Å²) in [6.07, 6.45) is 2.63. The zero-order valence-electron chi connectivity index (χ0n) is 13.7. The van der Waals surface area contributed by atoms with Gasteiger partial charge in [0.1, 0.15) is 6.04 Å². The number of rotatable bonds is 7. The summed E-state index contributed by atoms with van der Waals surface area (Å²) in [7, 11) is 0. The molecule has 118 valence electrons. The molecule has 0 radical (unpaired) electrons. The fourth-order valence-electron chi connectivity index (χ4n) is 1.78. The van der Waals surface area contributed by atoms with Crippen molar-refractivity contribution in [2.24, 2.45) is 11.7 Å². The van der Waals surface area contributed by atoms with Crippen LogP contribution in [0.2, 0.25) is 0 Å². The predicted molar refractivity (Wildman–Crippen MR) is 82.2 cm³/mol. The first-order chi connectivity index (χ1) is 9.03. The highest BCUT2D eigenvalue weighted by molar-refractivity contribution is 5.88. The molecule has 5 nitrogen and oxygen atoms in total. The lowest BCUT2D eigenvalue weighted by Crippen LogP contribution is -2.51. The van der Waals surface area contributed by atoms with Crippen LogP contribution in [0.15, 0.2) is 0 Å². The Morgan fingerprint density at radius 3 is 2.05 bits per heavy atom. The standard InChI is InChI=1S/C15H31N3O2/c1-10(8-7-9-11(2)16)13(19)17-12(3)14(20)18-15(4,5)6/h10-12H,7-9,16H2,1-6H3,(H,17,19)(H,18,20). The molecule has 5 heteroatoms. The van der Waals surface area contributed by atoms with Crippen LogP contribution in [-0.4, -0.2) is 29.4 Å². The lowest BCUT2D eigenvalue weighted by Gasteiger charge is -2.24. The molecule has 3 unspecified atom stereocenters. The number of hydrogen-bond donors (Lipinski definition) is 3. The summed E-state index contributed by atoms with van der Waals surface area (Å²) in [6.45, 7) is 11.3. The van der Waals surface area contributed by atoms with Crippen molar-refractivity contribution in [2.45, 2.75) is 78.4 Å². The molecule has 0 bridgehead atoms. The number of nitrogens with one attached hydrogen (secondary N) is 2. The molecular weight excluding hydrogens is 254 g/mol. The smallest absolute Gasteiger partial charge is 0.242 e. The molecule has 0 saturated heterocycles. The summed E-state index contributed by atoms with van der Waals surface area (Å²) in [5, 5.41) is 5.61. The Hall–Kier alpha value is -1.10. The van der Waals surface area contributed by atoms with Gasteiger partial charge in [0, 0.05) is 17.5 Å². The van der Waals surface area contributed by atoms with E-state index in [-0.39, 0.29) is 29.3 Å². The Morgan fingerprint density at radius 2 is 1.60 bits per heavy atom. The second kappa shape index (κ2) is 8.25. The number of hydrogen-bond acceptors (Lipinski definition) is 3. The van der Waals surface area contributed by atoms with Crippen molar-refractivity contribution >= 4 is 11.8 Å². The van der Waals surface area contributed by atoms with E-state index in [0.717, 1.165) is 19.3 Å². The van der Waals surface area contributed by atoms with Gasteiger partial charge in [-0.2, -0.15) is 0 Å². The summed E-state index contributed by atoms with van der Waals surface area (Å²) in [5.41, 5.74) is 5.39. The predicted octanol–water partition coefficient (Wildman–Crippen LogP) is 1.56. The minimum Gasteiger partial charge on any atom is -0.350 e. The Labute approximate surface area is 123 Å². The molecular formula is C15H31N3O2. The number of carbonyl (C=O) groups is 2. The van der Waals surface area contributed by atoms with E-state index in [2.05, 4.69) is 10.6 Å². The minimum atomic E-state index is -0.516. The molecule has 0 spiro atoms. The van der Waals surface area contributed by atoms with E-state index < -0.39 is 6.04 Å². The van der Waals surface area contributed by atoms with Crippen molar-refractivity contribution in [3.05, 3.63) is 0 Å². The largest absolute Gasteiger partial charge is 0.350 e. The molecule has 0 heterocycles. The molecule has 4 N–H and O–H groups in total. The molecule has 0 aromatic carbocycles. The van der Waals surface area contributed by atoms with Gasteiger partial charge in [0.15, 0.2) is 0 Å². The molecule has 0 aliphatic rings. The average molecular weight is 285 g/mol. The van der Waals surface area contributed by atoms with E-state index >= 15 is 0 Å². The highest BCUT2D eigenvalue weighted by atomic mass is 16.2. The van der Waals surface area contributed by atoms with Crippen molar-refractivity contribution < 1.29 is 9.59 Å². The van der Waals surface area contributed by atoms with Crippen molar-refractivity contribution in [2.75, 3.05) is 0 Å². The topological polar surface area (TPSA) is 84.2 Å². The van der Waals surface area contributed by atoms with Gasteiger partial charge in [0.05, 0.1) is 0 Å². The summed E-state index contributed by atoms with van der Waals surface area (Å²) in [4.78, 5) is 23.9. The van der Waals surface area contributed by atoms with Gasteiger partial charge in [-0.15, -0.1) is 0 Å². The van der Waals surface area contributed by atoms with E-state index in [1.807, 2.05) is 34.6 Å². The Morgan fingerprint density at radius 1 is 1.05 bits per heavy atom. The van der Waals surface area contributed by atoms with Crippen molar-refractivity contribution in [1.29, 1.82) is 0 Å². The van der Waals surface area contributed by atoms with Gasteiger partial charge >= 0.3 is 0 Å². The molecule has 0 saturated carbocycles. The lowest BCUT2D eigenvalue weighted by molar-refractivity contribution is -0.131. The molecule has 0 aliphatic carbocycles. The zero-order valence-corrected chi connectivity index (χ0v) is 13.7. The van der Waals surface area contributed by atoms with Crippen LogP contribution in [0.3, 0.4) is 0 Å². The highest BCUT2D eigenvalue weighted by Crippen LogP contribution is 2.09. The fraction of sp³-hybridized carbons (Fsp3) is 0.867. The molecule has 20 heavy (non-hydrogen) atoms. The molecule has 0 rings (SSSR count). The molecule has 2 amide bonds. The van der Waals surface area contributed by atoms with Gasteiger partial charge < -0.3 is 16.4 Å². The van der Waals surface area contributed by atoms with Gasteiger partial charge in [-0.25, -0.2) is 0 Å². The first-order valence-corrected chi connectivity index (χ1v) is 7.41. The second-order valence-corrected chi connectivity index (χ2v) is 6.78. The van der Waals surface area contributed by atoms with Crippen LogP contribution in [0.5, 0.6) is 0 Å². The summed E-state index contributed by atoms with van der Waals surface area (Å²) in [6, 6.07) is -0.348. The van der Waals surface area contributed by atoms with Crippen molar-refractivity contribution in [1.82, 2.24) is 10.6 Å². The normalized spacial score (nSPS) is 16.1. The zero-order chi connectivity index (χ0) is 15.9. The Bertz CT molecular complexity index is 322. The molecule has 3 atom stereocenters. The lowest BCUT2D eigenvalue weighted by atomic mass is 10.0. The first-order valence-electron chi connectivity index (χ1n) is 7.41. The third-order valence-electron chi connectivity index (χ3n) is 2.99. The van der Waals surface area contributed by atoms with Crippen molar-refractivity contribution in [3.63, 3.8) is 0 Å². The third kappa shape index (κ3) is 8.91. The average Bonchev–Trinajstić information content (AvgIpc) is 2.25. The Kier molecular flexibility index (Phi) is 7.79. The van der Waals surface area contributed by atoms with Crippen LogP contribution in [0.1, 0.15) is 60.8 Å². The quantitative estimate of drug-likeness (QED) is 0.663. The van der Waals surface area contributed by atoms with Gasteiger partial charge in [-0.05, 0) is 47.5 Å². The molecule has 0 aliphatic heterocycles. The van der Waals surface area contributed by atoms with Crippen molar-refractivity contribution in [3.8, 4) is 0 Å². The summed E-state index contributed by atoms with van der Waals surface area (Å²) < 4.78 is 0. The van der Waals surface area contributed by atoms with Gasteiger partial charge in [-0.1, -0.05) is 13.3 Å². The van der Waals surface area contributed by atoms with Crippen LogP contribution < -0.4 is 16.4 Å². The number of nitrogens with two attached hydrogens (primary N) is 1. The molecule has 0 aromatic rings. The molecule has 0 fully saturated rings. The third-order valence-corrected chi connectivity index (χ3v) is 2.99. The maximum Gasteiger partial charge on any atom is 0.242 e. The monoisotopic (exact) mass is 285 g/mol. The van der Waals surface area contributed by atoms with Crippen LogP contribution in [0.4, 0.5) is 0 Å². The van der Waals surface area contributed by atoms with Crippen LogP contribution in [0.25, 0.3) is 0 Å². The van der Waals surface area contributed by atoms with E-state index in [0.29, 0.717) is 0 Å². The van der Waals surface area contributed by atoms with Crippen LogP contribution in [-0.2, 0) is 9.59 Å². The van der Waals surface area contributed by atoms with E-state index in [1.165, 1.54) is 0 Å². The minimum absolute atomic E-state index is 0.0776. The first kappa shape index (κ1) is 18.9. The maximum atomic E-state index is 12.0. The number of amides is 2. The van der Waals surface area contributed by atoms with E-state index in [9.17, 15) is 9.59 Å². The number of carbonyl (C=O) groups excluding carboxylic acids is 2. The summed E-state index contributed by atoms with van der Waals surface area (Å²) >= 11 is 0. The second-order valence-electron chi connectivity index (χ2n) is 6.78. The van der Waals surface area contributed by atoms with E-state index in [4.69, 9.17) is 5.73 Å². The van der Waals surface area contributed by atoms with Crippen LogP contribution in [0, 0.1) is 5.92 Å². The van der Waals surface area contributed by atoms with Crippen LogP contribution >= 0.6 is 0 Å². The Balaban J connectivity index is 4.14. The van der Waals surface area contributed by atoms with E-state index in [1.54, 1.807) is 6.92 Å².